The molecule has 3 amide bonds. The maximum absolute atomic E-state index is 12.7. The number of rotatable bonds is 11. The number of hydrogen-bond donors (Lipinski definition) is 1. The summed E-state index contributed by atoms with van der Waals surface area (Å²) in [7, 11) is 1.39. The van der Waals surface area contributed by atoms with Crippen molar-refractivity contribution < 1.29 is 38.3 Å². The Morgan fingerprint density at radius 3 is 2.63 bits per heavy atom. The van der Waals surface area contributed by atoms with Crippen molar-refractivity contribution >= 4 is 52.2 Å². The predicted octanol–water partition coefficient (Wildman–Crippen LogP) is 4.00. The molecule has 1 aliphatic heterocycles. The molecule has 200 valence electrons. The molecular formula is C25H25N3O9S. The monoisotopic (exact) mass is 543 g/mol. The van der Waals surface area contributed by atoms with Gasteiger partial charge in [0, 0.05) is 17.8 Å². The van der Waals surface area contributed by atoms with E-state index in [1.54, 1.807) is 19.1 Å². The molecule has 0 bridgehead atoms. The SMILES string of the molecule is CC[C@H](C)OC(=O)CN1C(=O)S/C(=C\c2ccc(OCC(=O)Nc3cccc([N+](=O)[O-])c3)c(OC)c2)C1=O. The first-order chi connectivity index (χ1) is 18.1. The van der Waals surface area contributed by atoms with Crippen LogP contribution >= 0.6 is 11.8 Å². The van der Waals surface area contributed by atoms with Crippen LogP contribution in [0.3, 0.4) is 0 Å². The van der Waals surface area contributed by atoms with E-state index in [9.17, 15) is 29.3 Å². The molecule has 13 heteroatoms. The van der Waals surface area contributed by atoms with Crippen LogP contribution in [0.15, 0.2) is 47.4 Å². The van der Waals surface area contributed by atoms with Gasteiger partial charge in [-0.1, -0.05) is 19.1 Å². The van der Waals surface area contributed by atoms with Gasteiger partial charge in [0.05, 0.1) is 23.0 Å². The maximum Gasteiger partial charge on any atom is 0.326 e. The van der Waals surface area contributed by atoms with Crippen molar-refractivity contribution in [1.82, 2.24) is 4.90 Å². The zero-order chi connectivity index (χ0) is 27.8. The van der Waals surface area contributed by atoms with Crippen molar-refractivity contribution in [2.24, 2.45) is 0 Å². The number of ether oxygens (including phenoxy) is 3. The molecular weight excluding hydrogens is 518 g/mol. The third kappa shape index (κ3) is 7.32. The van der Waals surface area contributed by atoms with Gasteiger partial charge in [0.1, 0.15) is 6.54 Å². The lowest BCUT2D eigenvalue weighted by Gasteiger charge is -2.14. The first-order valence-corrected chi connectivity index (χ1v) is 12.2. The molecule has 2 aromatic carbocycles. The average Bonchev–Trinajstić information content (AvgIpc) is 3.14. The molecule has 1 saturated heterocycles. The average molecular weight is 544 g/mol. The highest BCUT2D eigenvalue weighted by molar-refractivity contribution is 8.18. The Labute approximate surface area is 222 Å². The smallest absolute Gasteiger partial charge is 0.326 e. The van der Waals surface area contributed by atoms with Gasteiger partial charge in [-0.15, -0.1) is 0 Å². The normalized spacial score (nSPS) is 14.8. The number of nitrogens with one attached hydrogen (secondary N) is 1. The molecule has 1 N–H and O–H groups in total. The number of benzene rings is 2. The second kappa shape index (κ2) is 12.7. The summed E-state index contributed by atoms with van der Waals surface area (Å²) in [6.45, 7) is 2.70. The second-order valence-corrected chi connectivity index (χ2v) is 9.02. The van der Waals surface area contributed by atoms with Crippen molar-refractivity contribution in [3.63, 3.8) is 0 Å². The van der Waals surface area contributed by atoms with E-state index in [1.807, 2.05) is 6.92 Å². The van der Waals surface area contributed by atoms with Crippen LogP contribution in [0.1, 0.15) is 25.8 Å². The minimum Gasteiger partial charge on any atom is -0.493 e. The predicted molar refractivity (Wildman–Crippen MR) is 139 cm³/mol. The van der Waals surface area contributed by atoms with E-state index in [-0.39, 0.29) is 33.9 Å². The number of non-ortho nitro benzene ring substituents is 1. The number of methoxy groups -OCH3 is 1. The standard InChI is InChI=1S/C25H25N3O9S/c1-4-15(2)37-23(30)13-27-24(31)21(38-25(27)32)11-16-8-9-19(20(10-16)35-3)36-14-22(29)26-17-6-5-7-18(12-17)28(33)34/h5-12,15H,4,13-14H2,1-3H3,(H,26,29)/b21-11-/t15-/m0/s1. The summed E-state index contributed by atoms with van der Waals surface area (Å²) in [6.07, 6.45) is 1.76. The van der Waals surface area contributed by atoms with Gasteiger partial charge in [0.15, 0.2) is 18.1 Å². The van der Waals surface area contributed by atoms with E-state index in [4.69, 9.17) is 14.2 Å². The lowest BCUT2D eigenvalue weighted by atomic mass is 10.2. The third-order valence-corrected chi connectivity index (χ3v) is 6.16. The van der Waals surface area contributed by atoms with E-state index < -0.39 is 41.1 Å². The van der Waals surface area contributed by atoms with E-state index >= 15 is 0 Å². The summed E-state index contributed by atoms with van der Waals surface area (Å²) < 4.78 is 16.0. The molecule has 0 aliphatic carbocycles. The summed E-state index contributed by atoms with van der Waals surface area (Å²) in [6, 6.07) is 10.2. The van der Waals surface area contributed by atoms with Gasteiger partial charge >= 0.3 is 5.97 Å². The van der Waals surface area contributed by atoms with Crippen LogP contribution in [0.5, 0.6) is 11.5 Å². The summed E-state index contributed by atoms with van der Waals surface area (Å²) in [5.74, 6) is -1.33. The summed E-state index contributed by atoms with van der Waals surface area (Å²) in [5, 5.41) is 12.8. The Balaban J connectivity index is 1.64. The Hall–Kier alpha value is -4.39. The van der Waals surface area contributed by atoms with Gasteiger partial charge in [-0.3, -0.25) is 34.2 Å². The number of carbonyl (C=O) groups excluding carboxylic acids is 4. The fourth-order valence-electron chi connectivity index (χ4n) is 3.19. The van der Waals surface area contributed by atoms with Gasteiger partial charge in [-0.2, -0.15) is 0 Å². The van der Waals surface area contributed by atoms with Gasteiger partial charge in [0.2, 0.25) is 0 Å². The Morgan fingerprint density at radius 2 is 1.95 bits per heavy atom. The minimum absolute atomic E-state index is 0.124. The fraction of sp³-hybridized carbons (Fsp3) is 0.280. The Morgan fingerprint density at radius 1 is 1.18 bits per heavy atom. The van der Waals surface area contributed by atoms with Gasteiger partial charge < -0.3 is 19.5 Å². The van der Waals surface area contributed by atoms with Gasteiger partial charge in [0.25, 0.3) is 22.7 Å². The highest BCUT2D eigenvalue weighted by Gasteiger charge is 2.37. The number of nitrogens with zero attached hydrogens (tertiary/aromatic N) is 2. The number of anilines is 1. The fourth-order valence-corrected chi connectivity index (χ4v) is 4.03. The second-order valence-electron chi connectivity index (χ2n) is 8.03. The number of amides is 3. The number of hydrogen-bond acceptors (Lipinski definition) is 10. The van der Waals surface area contributed by atoms with Crippen molar-refractivity contribution in [1.29, 1.82) is 0 Å². The molecule has 2 aromatic rings. The lowest BCUT2D eigenvalue weighted by Crippen LogP contribution is -2.35. The molecule has 0 saturated carbocycles. The molecule has 1 aliphatic rings. The summed E-state index contributed by atoms with van der Waals surface area (Å²) >= 11 is 0.702. The highest BCUT2D eigenvalue weighted by atomic mass is 32.2. The Bertz CT molecular complexity index is 1290. The highest BCUT2D eigenvalue weighted by Crippen LogP contribution is 2.34. The van der Waals surface area contributed by atoms with Crippen molar-refractivity contribution in [3.05, 3.63) is 63.0 Å². The minimum atomic E-state index is -0.666. The topological polar surface area (TPSA) is 154 Å². The lowest BCUT2D eigenvalue weighted by molar-refractivity contribution is -0.384. The third-order valence-electron chi connectivity index (χ3n) is 5.25. The molecule has 1 fully saturated rings. The summed E-state index contributed by atoms with van der Waals surface area (Å²) in [5.41, 5.74) is 0.602. The number of carbonyl (C=O) groups is 4. The van der Waals surface area contributed by atoms with Gasteiger partial charge in [-0.05, 0) is 54.9 Å². The number of imide groups is 1. The molecule has 0 radical (unpaired) electrons. The molecule has 38 heavy (non-hydrogen) atoms. The number of nitro groups is 1. The first-order valence-electron chi connectivity index (χ1n) is 11.4. The zero-order valence-corrected chi connectivity index (χ0v) is 21.6. The van der Waals surface area contributed by atoms with Crippen molar-refractivity contribution in [2.45, 2.75) is 26.4 Å². The van der Waals surface area contributed by atoms with Crippen LogP contribution in [0.25, 0.3) is 6.08 Å². The number of nitro benzene ring substituents is 1. The Kier molecular flexibility index (Phi) is 9.44. The summed E-state index contributed by atoms with van der Waals surface area (Å²) in [4.78, 5) is 60.5. The molecule has 1 atom stereocenters. The largest absolute Gasteiger partial charge is 0.493 e. The molecule has 0 spiro atoms. The van der Waals surface area contributed by atoms with Crippen LogP contribution in [0.2, 0.25) is 0 Å². The van der Waals surface area contributed by atoms with Crippen molar-refractivity contribution in [2.75, 3.05) is 25.6 Å². The van der Waals surface area contributed by atoms with Crippen molar-refractivity contribution in [3.8, 4) is 11.5 Å². The van der Waals surface area contributed by atoms with Crippen LogP contribution in [0.4, 0.5) is 16.2 Å². The molecule has 3 rings (SSSR count). The van der Waals surface area contributed by atoms with Crippen LogP contribution in [-0.4, -0.2) is 59.2 Å². The van der Waals surface area contributed by atoms with Crippen LogP contribution in [0, 0.1) is 10.1 Å². The quantitative estimate of drug-likeness (QED) is 0.190. The number of thioether (sulfide) groups is 1. The maximum atomic E-state index is 12.7. The van der Waals surface area contributed by atoms with E-state index in [2.05, 4.69) is 5.32 Å². The van der Waals surface area contributed by atoms with E-state index in [0.717, 1.165) is 4.90 Å². The first kappa shape index (κ1) is 28.2. The zero-order valence-electron chi connectivity index (χ0n) is 20.8. The molecule has 1 heterocycles. The molecule has 0 unspecified atom stereocenters. The number of esters is 1. The van der Waals surface area contributed by atoms with Crippen LogP contribution < -0.4 is 14.8 Å². The van der Waals surface area contributed by atoms with E-state index in [0.29, 0.717) is 23.7 Å². The van der Waals surface area contributed by atoms with E-state index in [1.165, 1.54) is 43.5 Å². The molecule has 0 aromatic heterocycles. The molecule has 12 nitrogen and oxygen atoms in total. The van der Waals surface area contributed by atoms with Crippen LogP contribution in [-0.2, 0) is 19.1 Å². The van der Waals surface area contributed by atoms with Gasteiger partial charge in [-0.25, -0.2) is 0 Å².